The van der Waals surface area contributed by atoms with Crippen LogP contribution in [-0.4, -0.2) is 59.6 Å². The predicted octanol–water partition coefficient (Wildman–Crippen LogP) is 3.85. The van der Waals surface area contributed by atoms with Crippen LogP contribution in [0.4, 0.5) is 4.79 Å². The summed E-state index contributed by atoms with van der Waals surface area (Å²) in [4.78, 5) is 25.3. The van der Waals surface area contributed by atoms with Crippen molar-refractivity contribution < 1.29 is 24.4 Å². The Balaban J connectivity index is 1.36. The van der Waals surface area contributed by atoms with E-state index in [1.165, 1.54) is 6.34 Å². The zero-order chi connectivity index (χ0) is 28.8. The van der Waals surface area contributed by atoms with Crippen molar-refractivity contribution in [1.82, 2.24) is 9.88 Å². The summed E-state index contributed by atoms with van der Waals surface area (Å²) in [6, 6.07) is 19.6. The Hall–Kier alpha value is -4.05. The summed E-state index contributed by atoms with van der Waals surface area (Å²) >= 11 is 12.3. The predicted molar refractivity (Wildman–Crippen MR) is 160 cm³/mol. The lowest BCUT2D eigenvalue weighted by molar-refractivity contribution is -0.464. The Bertz CT molecular complexity index is 1550. The molecule has 41 heavy (non-hydrogen) atoms. The summed E-state index contributed by atoms with van der Waals surface area (Å²) < 4.78 is 11.6. The van der Waals surface area contributed by atoms with Gasteiger partial charge in [0.05, 0.1) is 12.7 Å². The van der Waals surface area contributed by atoms with Crippen LogP contribution >= 0.6 is 23.2 Å². The smallest absolute Gasteiger partial charge is 0.416 e. The number of carbonyl (C=O) groups is 1. The molecule has 0 saturated heterocycles. The lowest BCUT2D eigenvalue weighted by Gasteiger charge is -2.35. The standard InChI is InChI=1S/C30H29Cl2N5O4/c31-20-3-8-24(9-4-20)41-30(39)37-13-11-25-26-15-21(32)5-10-27(26)36-28(25)29(37)19-1-6-23(7-2-19)40-14-12-22(38)16-34-18-35-17-33/h1-10,15,17-18,22,29,36,38H,11-14,16H2,(H2,33,34,35)/p+1/t22?,29-/m0/s1. The first-order valence-corrected chi connectivity index (χ1v) is 13.9. The Morgan fingerprint density at radius 2 is 1.85 bits per heavy atom. The minimum Gasteiger partial charge on any atom is -0.493 e. The van der Waals surface area contributed by atoms with E-state index in [0.717, 1.165) is 34.1 Å². The molecule has 1 amide bonds. The Labute approximate surface area is 247 Å². The van der Waals surface area contributed by atoms with Gasteiger partial charge in [-0.25, -0.2) is 4.79 Å². The Morgan fingerprint density at radius 1 is 1.12 bits per heavy atom. The summed E-state index contributed by atoms with van der Waals surface area (Å²) in [5.41, 5.74) is 9.06. The van der Waals surface area contributed by atoms with Crippen molar-refractivity contribution in [1.29, 1.82) is 0 Å². The van der Waals surface area contributed by atoms with E-state index in [1.54, 1.807) is 29.2 Å². The van der Waals surface area contributed by atoms with E-state index in [1.807, 2.05) is 42.5 Å². The maximum absolute atomic E-state index is 13.5. The average Bonchev–Trinajstić information content (AvgIpc) is 3.34. The van der Waals surface area contributed by atoms with Crippen molar-refractivity contribution in [2.45, 2.75) is 25.0 Å². The minimum absolute atomic E-state index is 0.332. The SMILES string of the molecule is NC=NC=[NH+]CC(O)CCOc1ccc([C@H]2c3[nH]c4ccc(Cl)cc4c3CCN2C(=O)Oc2ccc(Cl)cc2)cc1. The number of aliphatic hydroxyl groups is 1. The van der Waals surface area contributed by atoms with Crippen LogP contribution in [0.2, 0.25) is 10.0 Å². The number of nitrogens with zero attached hydrogens (tertiary/aromatic N) is 2. The van der Waals surface area contributed by atoms with Gasteiger partial charge in [-0.1, -0.05) is 35.3 Å². The monoisotopic (exact) mass is 594 g/mol. The number of carbonyl (C=O) groups excluding carboxylic acids is 1. The topological polar surface area (TPSA) is 127 Å². The number of hydrogen-bond acceptors (Lipinski definition) is 4. The molecule has 2 atom stereocenters. The van der Waals surface area contributed by atoms with Crippen molar-refractivity contribution >= 4 is 52.9 Å². The molecule has 0 saturated carbocycles. The number of aromatic nitrogens is 1. The highest BCUT2D eigenvalue weighted by Crippen LogP contribution is 2.40. The number of aliphatic imine (C=N–C) groups is 1. The van der Waals surface area contributed by atoms with Crippen molar-refractivity contribution in [2.24, 2.45) is 10.7 Å². The molecule has 0 fully saturated rings. The number of aliphatic hydroxyl groups excluding tert-OH is 1. The maximum atomic E-state index is 13.5. The zero-order valence-electron chi connectivity index (χ0n) is 22.1. The molecule has 1 unspecified atom stereocenters. The molecule has 0 aliphatic carbocycles. The molecule has 11 heteroatoms. The first kappa shape index (κ1) is 28.5. The molecular weight excluding hydrogens is 565 g/mol. The van der Waals surface area contributed by atoms with Gasteiger partial charge in [0.25, 0.3) is 6.34 Å². The van der Waals surface area contributed by atoms with E-state index < -0.39 is 18.2 Å². The molecule has 1 aliphatic rings. The molecule has 212 valence electrons. The van der Waals surface area contributed by atoms with Crippen molar-refractivity contribution in [2.75, 3.05) is 19.7 Å². The maximum Gasteiger partial charge on any atom is 0.416 e. The summed E-state index contributed by atoms with van der Waals surface area (Å²) in [6.07, 6.45) is 2.61. The molecule has 3 aromatic carbocycles. The van der Waals surface area contributed by atoms with Crippen LogP contribution in [0.3, 0.4) is 0 Å². The summed E-state index contributed by atoms with van der Waals surface area (Å²) in [5.74, 6) is 1.07. The number of rotatable bonds is 9. The lowest BCUT2D eigenvalue weighted by atomic mass is 9.92. The molecule has 1 aromatic heterocycles. The highest BCUT2D eigenvalue weighted by molar-refractivity contribution is 6.31. The van der Waals surface area contributed by atoms with Crippen LogP contribution in [0, 0.1) is 0 Å². The van der Waals surface area contributed by atoms with Crippen molar-refractivity contribution in [3.05, 3.63) is 93.6 Å². The van der Waals surface area contributed by atoms with E-state index in [-0.39, 0.29) is 0 Å². The molecule has 5 rings (SSSR count). The number of H-pyrrole nitrogens is 1. The van der Waals surface area contributed by atoms with Gasteiger partial charge >= 0.3 is 6.09 Å². The molecule has 0 radical (unpaired) electrons. The first-order chi connectivity index (χ1) is 19.9. The molecule has 2 heterocycles. The van der Waals surface area contributed by atoms with Crippen LogP contribution in [0.25, 0.3) is 10.9 Å². The Morgan fingerprint density at radius 3 is 2.61 bits per heavy atom. The lowest BCUT2D eigenvalue weighted by Crippen LogP contribution is -2.71. The number of halogens is 2. The van der Waals surface area contributed by atoms with Gasteiger partial charge in [-0.2, -0.15) is 0 Å². The van der Waals surface area contributed by atoms with Gasteiger partial charge in [-0.05, 0) is 77.1 Å². The van der Waals surface area contributed by atoms with E-state index in [9.17, 15) is 9.90 Å². The number of hydrogen-bond donors (Lipinski definition) is 4. The average molecular weight is 596 g/mol. The van der Waals surface area contributed by atoms with Gasteiger partial charge in [0.2, 0.25) is 6.34 Å². The number of amides is 1. The van der Waals surface area contributed by atoms with Gasteiger partial charge in [-0.3, -0.25) is 9.89 Å². The third-order valence-corrected chi connectivity index (χ3v) is 7.35. The Kier molecular flexibility index (Phi) is 9.08. The normalized spacial score (nSPS) is 15.9. The third-order valence-electron chi connectivity index (χ3n) is 6.86. The van der Waals surface area contributed by atoms with Gasteiger partial charge in [0.15, 0.2) is 0 Å². The highest BCUT2D eigenvalue weighted by atomic mass is 35.5. The molecule has 4 aromatic rings. The van der Waals surface area contributed by atoms with Gasteiger partial charge in [0.1, 0.15) is 24.1 Å². The van der Waals surface area contributed by atoms with Crippen molar-refractivity contribution in [3.63, 3.8) is 0 Å². The second kappa shape index (κ2) is 13.1. The fourth-order valence-electron chi connectivity index (χ4n) is 4.91. The molecule has 1 aliphatic heterocycles. The second-order valence-corrected chi connectivity index (χ2v) is 10.4. The minimum atomic E-state index is -0.602. The first-order valence-electron chi connectivity index (χ1n) is 13.2. The van der Waals surface area contributed by atoms with Crippen LogP contribution < -0.4 is 20.2 Å². The fourth-order valence-corrected chi connectivity index (χ4v) is 5.21. The molecule has 0 spiro atoms. The fraction of sp³-hybridized carbons (Fsp3) is 0.233. The third kappa shape index (κ3) is 6.82. The molecule has 0 bridgehead atoms. The summed E-state index contributed by atoms with van der Waals surface area (Å²) in [5, 5.41) is 12.4. The van der Waals surface area contributed by atoms with Crippen LogP contribution in [0.5, 0.6) is 11.5 Å². The second-order valence-electron chi connectivity index (χ2n) is 9.57. The van der Waals surface area contributed by atoms with E-state index in [0.29, 0.717) is 54.1 Å². The number of nitrogens with two attached hydrogens (primary N) is 1. The number of aromatic amines is 1. The number of fused-ring (bicyclic) bond motifs is 3. The van der Waals surface area contributed by atoms with Crippen LogP contribution in [0.15, 0.2) is 71.7 Å². The van der Waals surface area contributed by atoms with Crippen LogP contribution in [-0.2, 0) is 6.42 Å². The van der Waals surface area contributed by atoms with E-state index in [4.69, 9.17) is 38.4 Å². The molecular formula is C30H30Cl2N5O4+. The number of benzene rings is 3. The van der Waals surface area contributed by atoms with Gasteiger partial charge < -0.3 is 25.3 Å². The highest BCUT2D eigenvalue weighted by Gasteiger charge is 2.35. The summed E-state index contributed by atoms with van der Waals surface area (Å²) in [7, 11) is 0. The van der Waals surface area contributed by atoms with Gasteiger partial charge in [-0.15, -0.1) is 0 Å². The quantitative estimate of drug-likeness (QED) is 0.173. The van der Waals surface area contributed by atoms with E-state index in [2.05, 4.69) is 15.0 Å². The zero-order valence-corrected chi connectivity index (χ0v) is 23.6. The van der Waals surface area contributed by atoms with Crippen LogP contribution in [0.1, 0.15) is 29.3 Å². The number of nitrogens with one attached hydrogen (secondary N) is 2. The largest absolute Gasteiger partial charge is 0.493 e. The molecule has 5 N–H and O–H groups in total. The van der Waals surface area contributed by atoms with Gasteiger partial charge in [0, 0.05) is 39.6 Å². The molecule has 9 nitrogen and oxygen atoms in total. The van der Waals surface area contributed by atoms with E-state index >= 15 is 0 Å². The summed E-state index contributed by atoms with van der Waals surface area (Å²) in [6.45, 7) is 1.13. The number of ether oxygens (including phenoxy) is 2. The van der Waals surface area contributed by atoms with Crippen molar-refractivity contribution in [3.8, 4) is 11.5 Å².